The van der Waals surface area contributed by atoms with Crippen LogP contribution in [0.25, 0.3) is 22.5 Å². The molecule has 1 aliphatic carbocycles. The van der Waals surface area contributed by atoms with Gasteiger partial charge in [-0.15, -0.1) is 16.8 Å². The molecule has 0 saturated heterocycles. The van der Waals surface area contributed by atoms with Crippen LogP contribution in [0.5, 0.6) is 0 Å². The van der Waals surface area contributed by atoms with Gasteiger partial charge < -0.3 is 0 Å². The van der Waals surface area contributed by atoms with E-state index >= 15 is 0 Å². The van der Waals surface area contributed by atoms with Crippen LogP contribution in [0.4, 0.5) is 0 Å². The molecule has 0 amide bonds. The Kier molecular flexibility index (Phi) is 6.46. The summed E-state index contributed by atoms with van der Waals surface area (Å²) in [6.45, 7) is 4.34. The van der Waals surface area contributed by atoms with Gasteiger partial charge in [0.2, 0.25) is 5.82 Å². The van der Waals surface area contributed by atoms with Crippen LogP contribution in [0.1, 0.15) is 56.0 Å². The molecule has 1 saturated carbocycles. The summed E-state index contributed by atoms with van der Waals surface area (Å²) < 4.78 is 3.58. The van der Waals surface area contributed by atoms with Crippen molar-refractivity contribution in [3.8, 4) is 22.5 Å². The van der Waals surface area contributed by atoms with Crippen molar-refractivity contribution in [2.24, 2.45) is 0 Å². The Labute approximate surface area is 198 Å². The van der Waals surface area contributed by atoms with Gasteiger partial charge in [0, 0.05) is 12.0 Å². The van der Waals surface area contributed by atoms with Crippen LogP contribution in [0.2, 0.25) is 0 Å². The van der Waals surface area contributed by atoms with Gasteiger partial charge in [0.05, 0.1) is 12.6 Å². The number of aromatic amines is 1. The second-order valence-corrected chi connectivity index (χ2v) is 8.83. The van der Waals surface area contributed by atoms with Crippen LogP contribution in [0, 0.1) is 0 Å². The molecule has 174 valence electrons. The van der Waals surface area contributed by atoms with E-state index in [2.05, 4.69) is 51.5 Å². The maximum Gasteiger partial charge on any atom is 0.346 e. The van der Waals surface area contributed by atoms with Gasteiger partial charge in [-0.3, -0.25) is 4.57 Å². The fourth-order valence-electron chi connectivity index (χ4n) is 4.77. The number of nitrogens with zero attached hydrogens (tertiary/aromatic N) is 6. The zero-order valence-corrected chi connectivity index (χ0v) is 19.2. The Bertz CT molecular complexity index is 1300. The number of aryl methyl sites for hydroxylation is 1. The molecule has 34 heavy (non-hydrogen) atoms. The van der Waals surface area contributed by atoms with Crippen molar-refractivity contribution in [1.29, 1.82) is 0 Å². The molecule has 0 aliphatic heterocycles. The lowest BCUT2D eigenvalue weighted by Crippen LogP contribution is -2.29. The number of H-pyrrole nitrogens is 1. The van der Waals surface area contributed by atoms with Gasteiger partial charge in [-0.05, 0) is 41.2 Å². The highest BCUT2D eigenvalue weighted by atomic mass is 16.2. The molecular weight excluding hydrogens is 426 g/mol. The molecule has 4 aromatic rings. The highest BCUT2D eigenvalue weighted by Gasteiger charge is 2.22. The molecule has 0 unspecified atom stereocenters. The second-order valence-electron chi connectivity index (χ2n) is 8.83. The third-order valence-corrected chi connectivity index (χ3v) is 6.57. The smallest absolute Gasteiger partial charge is 0.274 e. The summed E-state index contributed by atoms with van der Waals surface area (Å²) in [5.74, 6) is 1.40. The van der Waals surface area contributed by atoms with Gasteiger partial charge in [0.25, 0.3) is 0 Å². The Morgan fingerprint density at radius 3 is 2.50 bits per heavy atom. The van der Waals surface area contributed by atoms with Crippen LogP contribution in [-0.2, 0) is 13.0 Å². The number of benzene rings is 2. The first kappa shape index (κ1) is 22.0. The van der Waals surface area contributed by atoms with E-state index in [1.807, 2.05) is 34.9 Å². The molecule has 8 heteroatoms. The van der Waals surface area contributed by atoms with E-state index in [-0.39, 0.29) is 11.7 Å². The van der Waals surface area contributed by atoms with Crippen molar-refractivity contribution < 1.29 is 0 Å². The average molecular weight is 456 g/mol. The molecule has 0 bridgehead atoms. The Morgan fingerprint density at radius 1 is 1.03 bits per heavy atom. The molecule has 8 nitrogen and oxygen atoms in total. The summed E-state index contributed by atoms with van der Waals surface area (Å²) in [6.07, 6.45) is 9.04. The first-order valence-electron chi connectivity index (χ1n) is 12.0. The fraction of sp³-hybridized carbons (Fsp3) is 0.346. The summed E-state index contributed by atoms with van der Waals surface area (Å²) >= 11 is 0. The summed E-state index contributed by atoms with van der Waals surface area (Å²) in [6, 6.07) is 16.5. The van der Waals surface area contributed by atoms with Gasteiger partial charge in [-0.2, -0.15) is 10.3 Å². The van der Waals surface area contributed by atoms with Crippen LogP contribution in [0.3, 0.4) is 0 Å². The first-order valence-corrected chi connectivity index (χ1v) is 12.0. The third kappa shape index (κ3) is 4.48. The largest absolute Gasteiger partial charge is 0.346 e. The van der Waals surface area contributed by atoms with Gasteiger partial charge in [-0.25, -0.2) is 9.48 Å². The Balaban J connectivity index is 1.43. The third-order valence-electron chi connectivity index (χ3n) is 6.57. The zero-order valence-electron chi connectivity index (χ0n) is 19.2. The van der Waals surface area contributed by atoms with Gasteiger partial charge >= 0.3 is 5.69 Å². The molecule has 2 aromatic heterocycles. The Morgan fingerprint density at radius 2 is 1.79 bits per heavy atom. The average Bonchev–Trinajstić information content (AvgIpc) is 3.53. The number of rotatable bonds is 8. The summed E-state index contributed by atoms with van der Waals surface area (Å²) in [7, 11) is 0. The first-order chi connectivity index (χ1) is 16.7. The van der Waals surface area contributed by atoms with E-state index < -0.39 is 0 Å². The molecule has 0 atom stereocenters. The van der Waals surface area contributed by atoms with Crippen molar-refractivity contribution >= 4 is 0 Å². The predicted octanol–water partition coefficient (Wildman–Crippen LogP) is 4.56. The topological polar surface area (TPSA) is 94.3 Å². The van der Waals surface area contributed by atoms with Crippen LogP contribution in [-0.4, -0.2) is 35.0 Å². The lowest BCUT2D eigenvalue weighted by Gasteiger charge is -2.20. The van der Waals surface area contributed by atoms with Crippen molar-refractivity contribution in [2.45, 2.75) is 57.5 Å². The number of hydrogen-bond acceptors (Lipinski definition) is 5. The minimum atomic E-state index is -0.00232. The number of aromatic nitrogens is 7. The summed E-state index contributed by atoms with van der Waals surface area (Å²) in [5.41, 5.74) is 4.06. The lowest BCUT2D eigenvalue weighted by atomic mass is 9.96. The van der Waals surface area contributed by atoms with Gasteiger partial charge in [0.1, 0.15) is 5.82 Å². The normalized spacial score (nSPS) is 14.4. The van der Waals surface area contributed by atoms with E-state index in [1.165, 1.54) is 19.3 Å². The minimum absolute atomic E-state index is 0.00232. The summed E-state index contributed by atoms with van der Waals surface area (Å²) in [4.78, 5) is 13.3. The molecular formula is C26H29N7O. The van der Waals surface area contributed by atoms with E-state index in [9.17, 15) is 4.79 Å². The Hall–Kier alpha value is -3.81. The quantitative estimate of drug-likeness (QED) is 0.393. The molecule has 2 aromatic carbocycles. The maximum absolute atomic E-state index is 13.3. The second kappa shape index (κ2) is 9.99. The molecule has 1 aliphatic rings. The minimum Gasteiger partial charge on any atom is -0.274 e. The molecule has 1 fully saturated rings. The maximum atomic E-state index is 13.3. The van der Waals surface area contributed by atoms with Crippen LogP contribution >= 0.6 is 0 Å². The highest BCUT2D eigenvalue weighted by Crippen LogP contribution is 2.30. The van der Waals surface area contributed by atoms with Crippen LogP contribution in [0.15, 0.2) is 66.0 Å². The predicted molar refractivity (Wildman–Crippen MR) is 131 cm³/mol. The van der Waals surface area contributed by atoms with E-state index in [4.69, 9.17) is 5.10 Å². The van der Waals surface area contributed by atoms with E-state index in [0.29, 0.717) is 18.8 Å². The SMILES string of the molecule is C=CCCc1nn(C2CCCCC2)c(=O)n1Cc1ccc(-c2ccccc2-c2nn[nH]n2)cc1. The fourth-order valence-corrected chi connectivity index (χ4v) is 4.77. The number of allylic oxidation sites excluding steroid dienone is 1. The molecule has 1 N–H and O–H groups in total. The molecule has 2 heterocycles. The molecule has 0 spiro atoms. The van der Waals surface area contributed by atoms with Crippen molar-refractivity contribution in [1.82, 2.24) is 35.0 Å². The van der Waals surface area contributed by atoms with E-state index in [0.717, 1.165) is 47.3 Å². The highest BCUT2D eigenvalue weighted by molar-refractivity contribution is 5.80. The number of tetrazole rings is 1. The number of hydrogen-bond donors (Lipinski definition) is 1. The zero-order chi connectivity index (χ0) is 23.3. The number of nitrogens with one attached hydrogen (secondary N) is 1. The molecule has 0 radical (unpaired) electrons. The molecule has 5 rings (SSSR count). The lowest BCUT2D eigenvalue weighted by molar-refractivity contribution is 0.319. The van der Waals surface area contributed by atoms with Crippen LogP contribution < -0.4 is 5.69 Å². The van der Waals surface area contributed by atoms with Crippen molar-refractivity contribution in [2.75, 3.05) is 0 Å². The monoisotopic (exact) mass is 455 g/mol. The van der Waals surface area contributed by atoms with E-state index in [1.54, 1.807) is 4.68 Å². The van der Waals surface area contributed by atoms with Crippen molar-refractivity contribution in [3.05, 3.63) is 83.1 Å². The van der Waals surface area contributed by atoms with Gasteiger partial charge in [0.15, 0.2) is 0 Å². The summed E-state index contributed by atoms with van der Waals surface area (Å²) in [5, 5.41) is 19.2. The van der Waals surface area contributed by atoms with Crippen molar-refractivity contribution in [3.63, 3.8) is 0 Å². The van der Waals surface area contributed by atoms with Gasteiger partial charge in [-0.1, -0.05) is 73.9 Å². The standard InChI is InChI=1S/C26H29N7O/c1-2-3-13-24-29-33(21-9-5-4-6-10-21)26(34)32(24)18-19-14-16-20(17-15-19)22-11-7-8-12-23(22)25-27-30-31-28-25/h2,7-8,11-12,14-17,21H,1,3-6,9-10,13,18H2,(H,27,28,30,31).